The number of carbonyl (C=O) groups is 1. The third-order valence-electron chi connectivity index (χ3n) is 3.29. The molecule has 0 aliphatic heterocycles. The second-order valence-electron chi connectivity index (χ2n) is 5.17. The van der Waals surface area contributed by atoms with Crippen LogP contribution in [0.4, 0.5) is 0 Å². The number of carbonyl (C=O) groups excluding carboxylic acids is 1. The molecule has 2 heterocycles. The highest BCUT2D eigenvalue weighted by Crippen LogP contribution is 2.21. The zero-order valence-corrected chi connectivity index (χ0v) is 12.8. The Labute approximate surface area is 124 Å². The minimum absolute atomic E-state index is 0.00679. The molecule has 6 nitrogen and oxygen atoms in total. The van der Waals surface area contributed by atoms with Crippen LogP contribution in [0.5, 0.6) is 0 Å². The van der Waals surface area contributed by atoms with Gasteiger partial charge in [-0.3, -0.25) is 4.68 Å². The van der Waals surface area contributed by atoms with Crippen molar-refractivity contribution in [2.75, 3.05) is 7.11 Å². The summed E-state index contributed by atoms with van der Waals surface area (Å²) < 4.78 is 12.2. The van der Waals surface area contributed by atoms with Crippen molar-refractivity contribution in [1.29, 1.82) is 0 Å². The fourth-order valence-corrected chi connectivity index (χ4v) is 2.27. The predicted octanol–water partition coefficient (Wildman–Crippen LogP) is 2.31. The van der Waals surface area contributed by atoms with Crippen LogP contribution < -0.4 is 5.32 Å². The van der Waals surface area contributed by atoms with Gasteiger partial charge in [0.15, 0.2) is 0 Å². The molecule has 0 spiro atoms. The summed E-state index contributed by atoms with van der Waals surface area (Å²) in [5.74, 6) is 0.539. The van der Waals surface area contributed by atoms with E-state index < -0.39 is 5.97 Å². The van der Waals surface area contributed by atoms with Gasteiger partial charge in [-0.05, 0) is 32.9 Å². The number of esters is 1. The number of hydrogen-bond donors (Lipinski definition) is 1. The highest BCUT2D eigenvalue weighted by atomic mass is 16.5. The maximum atomic E-state index is 11.6. The van der Waals surface area contributed by atoms with Crippen LogP contribution in [-0.2, 0) is 11.3 Å². The number of nitrogens with zero attached hydrogens (tertiary/aromatic N) is 2. The fraction of sp³-hybridized carbons (Fsp3) is 0.467. The Balaban J connectivity index is 1.99. The number of ether oxygens (including phenoxy) is 1. The summed E-state index contributed by atoms with van der Waals surface area (Å²) in [6, 6.07) is 3.97. The molecule has 0 aliphatic rings. The first-order valence-electron chi connectivity index (χ1n) is 6.93. The molecular weight excluding hydrogens is 270 g/mol. The lowest BCUT2D eigenvalue weighted by molar-refractivity contribution is 0.0561. The average molecular weight is 291 g/mol. The Morgan fingerprint density at radius 3 is 2.90 bits per heavy atom. The van der Waals surface area contributed by atoms with Gasteiger partial charge in [0.05, 0.1) is 19.7 Å². The minimum atomic E-state index is -0.449. The van der Waals surface area contributed by atoms with E-state index in [2.05, 4.69) is 17.3 Å². The van der Waals surface area contributed by atoms with E-state index in [0.29, 0.717) is 0 Å². The topological polar surface area (TPSA) is 69.3 Å². The zero-order valence-electron chi connectivity index (χ0n) is 12.8. The van der Waals surface area contributed by atoms with Crippen LogP contribution in [0.2, 0.25) is 0 Å². The lowest BCUT2D eigenvalue weighted by atomic mass is 10.2. The highest BCUT2D eigenvalue weighted by molar-refractivity contribution is 5.87. The maximum absolute atomic E-state index is 11.6. The van der Waals surface area contributed by atoms with Gasteiger partial charge >= 0.3 is 5.97 Å². The van der Waals surface area contributed by atoms with Crippen LogP contribution in [0.3, 0.4) is 0 Å². The van der Waals surface area contributed by atoms with Crippen LogP contribution >= 0.6 is 0 Å². The number of rotatable bonds is 6. The van der Waals surface area contributed by atoms with E-state index in [9.17, 15) is 4.79 Å². The molecule has 0 radical (unpaired) electrons. The molecule has 21 heavy (non-hydrogen) atoms. The van der Waals surface area contributed by atoms with Crippen molar-refractivity contribution in [1.82, 2.24) is 15.1 Å². The van der Waals surface area contributed by atoms with E-state index >= 15 is 0 Å². The third kappa shape index (κ3) is 3.72. The molecule has 0 unspecified atom stereocenters. The SMILES string of the molecule is COC(=O)c1oc([C@@H](C)N[C@@H](C)Cn2cccn2)cc1C. The number of aromatic nitrogens is 2. The van der Waals surface area contributed by atoms with Crippen LogP contribution in [0.15, 0.2) is 28.9 Å². The number of nitrogens with one attached hydrogen (secondary N) is 1. The van der Waals surface area contributed by atoms with E-state index in [1.165, 1.54) is 7.11 Å². The first-order valence-corrected chi connectivity index (χ1v) is 6.93. The first kappa shape index (κ1) is 15.3. The van der Waals surface area contributed by atoms with Gasteiger partial charge < -0.3 is 14.5 Å². The van der Waals surface area contributed by atoms with Gasteiger partial charge in [0, 0.05) is 24.0 Å². The molecule has 2 atom stereocenters. The Kier molecular flexibility index (Phi) is 4.80. The molecule has 0 fully saturated rings. The molecular formula is C15H21N3O3. The van der Waals surface area contributed by atoms with Gasteiger partial charge in [-0.1, -0.05) is 0 Å². The Morgan fingerprint density at radius 2 is 2.29 bits per heavy atom. The molecule has 2 rings (SSSR count). The lowest BCUT2D eigenvalue weighted by Gasteiger charge is -2.18. The summed E-state index contributed by atoms with van der Waals surface area (Å²) in [6.45, 7) is 6.67. The van der Waals surface area contributed by atoms with Crippen LogP contribution in [0.25, 0.3) is 0 Å². The van der Waals surface area contributed by atoms with Crippen molar-refractivity contribution in [3.8, 4) is 0 Å². The van der Waals surface area contributed by atoms with Crippen molar-refractivity contribution in [2.24, 2.45) is 0 Å². The molecule has 0 saturated carbocycles. The minimum Gasteiger partial charge on any atom is -0.463 e. The van der Waals surface area contributed by atoms with Crippen molar-refractivity contribution < 1.29 is 13.9 Å². The molecule has 0 saturated heterocycles. The van der Waals surface area contributed by atoms with Gasteiger partial charge in [0.25, 0.3) is 0 Å². The van der Waals surface area contributed by atoms with Crippen LogP contribution in [0, 0.1) is 6.92 Å². The van der Waals surface area contributed by atoms with E-state index in [0.717, 1.165) is 17.9 Å². The molecule has 1 N–H and O–H groups in total. The summed E-state index contributed by atoms with van der Waals surface area (Å²) in [5.41, 5.74) is 0.783. The summed E-state index contributed by atoms with van der Waals surface area (Å²) in [7, 11) is 1.35. The molecule has 0 amide bonds. The molecule has 2 aromatic rings. The van der Waals surface area contributed by atoms with Gasteiger partial charge in [0.2, 0.25) is 5.76 Å². The summed E-state index contributed by atoms with van der Waals surface area (Å²) in [5, 5.41) is 7.61. The standard InChI is InChI=1S/C15H21N3O3/c1-10-8-13(21-14(10)15(19)20-4)12(3)17-11(2)9-18-7-5-6-16-18/h5-8,11-12,17H,9H2,1-4H3/t11-,12+/m0/s1. The number of methoxy groups -OCH3 is 1. The lowest BCUT2D eigenvalue weighted by Crippen LogP contribution is -2.32. The second kappa shape index (κ2) is 6.58. The largest absolute Gasteiger partial charge is 0.463 e. The molecule has 0 bridgehead atoms. The fourth-order valence-electron chi connectivity index (χ4n) is 2.27. The van der Waals surface area contributed by atoms with Gasteiger partial charge in [-0.2, -0.15) is 5.10 Å². The number of hydrogen-bond acceptors (Lipinski definition) is 5. The normalized spacial score (nSPS) is 13.9. The first-order chi connectivity index (χ1) is 10.0. The molecule has 0 aromatic carbocycles. The van der Waals surface area contributed by atoms with Gasteiger partial charge in [-0.15, -0.1) is 0 Å². The van der Waals surface area contributed by atoms with E-state index in [-0.39, 0.29) is 17.8 Å². The summed E-state index contributed by atoms with van der Waals surface area (Å²) in [6.07, 6.45) is 3.68. The zero-order chi connectivity index (χ0) is 15.4. The van der Waals surface area contributed by atoms with E-state index in [4.69, 9.17) is 9.15 Å². The predicted molar refractivity (Wildman–Crippen MR) is 78.0 cm³/mol. The molecule has 2 aromatic heterocycles. The van der Waals surface area contributed by atoms with E-state index in [1.807, 2.05) is 36.9 Å². The van der Waals surface area contributed by atoms with Gasteiger partial charge in [-0.25, -0.2) is 4.79 Å². The van der Waals surface area contributed by atoms with Crippen molar-refractivity contribution >= 4 is 5.97 Å². The van der Waals surface area contributed by atoms with Crippen LogP contribution in [0.1, 0.15) is 41.8 Å². The van der Waals surface area contributed by atoms with Crippen molar-refractivity contribution in [3.05, 3.63) is 41.6 Å². The summed E-state index contributed by atoms with van der Waals surface area (Å²) >= 11 is 0. The van der Waals surface area contributed by atoms with Crippen LogP contribution in [-0.4, -0.2) is 28.9 Å². The molecule has 0 aliphatic carbocycles. The quantitative estimate of drug-likeness (QED) is 0.827. The maximum Gasteiger partial charge on any atom is 0.374 e. The molecule has 114 valence electrons. The number of furan rings is 1. The monoisotopic (exact) mass is 291 g/mol. The smallest absolute Gasteiger partial charge is 0.374 e. The average Bonchev–Trinajstić information content (AvgIpc) is 3.07. The summed E-state index contributed by atoms with van der Waals surface area (Å²) in [4.78, 5) is 11.6. The van der Waals surface area contributed by atoms with Crippen molar-refractivity contribution in [3.63, 3.8) is 0 Å². The Morgan fingerprint density at radius 1 is 1.52 bits per heavy atom. The Hall–Kier alpha value is -2.08. The molecule has 6 heteroatoms. The Bertz CT molecular complexity index is 589. The van der Waals surface area contributed by atoms with Crippen molar-refractivity contribution in [2.45, 2.75) is 39.4 Å². The van der Waals surface area contributed by atoms with Gasteiger partial charge in [0.1, 0.15) is 5.76 Å². The highest BCUT2D eigenvalue weighted by Gasteiger charge is 2.20. The van der Waals surface area contributed by atoms with E-state index in [1.54, 1.807) is 6.20 Å². The second-order valence-corrected chi connectivity index (χ2v) is 5.17. The third-order valence-corrected chi connectivity index (χ3v) is 3.29. The number of aryl methyl sites for hydroxylation is 1.